The van der Waals surface area contributed by atoms with Crippen LogP contribution in [0.1, 0.15) is 0 Å². The summed E-state index contributed by atoms with van der Waals surface area (Å²) in [5.74, 6) is 0.751. The fourth-order valence-electron chi connectivity index (χ4n) is 2.41. The highest BCUT2D eigenvalue weighted by Crippen LogP contribution is 2.24. The molecule has 4 rings (SSSR count). The lowest BCUT2D eigenvalue weighted by molar-refractivity contribution is 1.05. The van der Waals surface area contributed by atoms with Crippen molar-refractivity contribution in [2.24, 2.45) is 0 Å². The Hall–Kier alpha value is -3.21. The van der Waals surface area contributed by atoms with Crippen LogP contribution in [0.15, 0.2) is 73.4 Å². The van der Waals surface area contributed by atoms with Gasteiger partial charge in [0.15, 0.2) is 5.82 Å². The summed E-state index contributed by atoms with van der Waals surface area (Å²) in [7, 11) is 0. The predicted molar refractivity (Wildman–Crippen MR) is 86.4 cm³/mol. The Morgan fingerprint density at radius 3 is 2.86 bits per heavy atom. The van der Waals surface area contributed by atoms with Crippen molar-refractivity contribution >= 4 is 22.3 Å². The van der Waals surface area contributed by atoms with E-state index in [0.29, 0.717) is 0 Å². The summed E-state index contributed by atoms with van der Waals surface area (Å²) in [5.41, 5.74) is 1.99. The Morgan fingerprint density at radius 1 is 1.00 bits per heavy atom. The molecule has 0 unspecified atom stereocenters. The van der Waals surface area contributed by atoms with E-state index < -0.39 is 0 Å². The first kappa shape index (κ1) is 12.5. The van der Waals surface area contributed by atoms with Crippen LogP contribution >= 0.6 is 0 Å². The van der Waals surface area contributed by atoms with Crippen LogP contribution < -0.4 is 5.32 Å². The molecule has 0 amide bonds. The number of nitrogens with one attached hydrogen (secondary N) is 1. The van der Waals surface area contributed by atoms with E-state index in [4.69, 9.17) is 0 Å². The molecule has 0 radical (unpaired) electrons. The molecule has 0 aliphatic carbocycles. The van der Waals surface area contributed by atoms with E-state index in [1.807, 2.05) is 59.3 Å². The molecule has 0 atom stereocenters. The second-order valence-electron chi connectivity index (χ2n) is 4.93. The Bertz CT molecular complexity index is 910. The summed E-state index contributed by atoms with van der Waals surface area (Å²) in [6, 6.07) is 16.1. The van der Waals surface area contributed by atoms with Crippen molar-refractivity contribution in [2.75, 3.05) is 5.32 Å². The average Bonchev–Trinajstić information content (AvgIpc) is 3.10. The number of hydrogen-bond donors (Lipinski definition) is 1. The molecular formula is C17H13N5. The molecule has 0 saturated heterocycles. The third-order valence-corrected chi connectivity index (χ3v) is 3.48. The quantitative estimate of drug-likeness (QED) is 0.626. The molecule has 0 bridgehead atoms. The van der Waals surface area contributed by atoms with Crippen molar-refractivity contribution in [2.45, 2.75) is 0 Å². The van der Waals surface area contributed by atoms with Crippen molar-refractivity contribution < 1.29 is 0 Å². The molecule has 2 aromatic carbocycles. The highest BCUT2D eigenvalue weighted by Gasteiger charge is 2.04. The molecule has 22 heavy (non-hydrogen) atoms. The van der Waals surface area contributed by atoms with Gasteiger partial charge in [0.2, 0.25) is 0 Å². The van der Waals surface area contributed by atoms with E-state index in [1.54, 1.807) is 18.7 Å². The van der Waals surface area contributed by atoms with Crippen molar-refractivity contribution in [3.8, 4) is 5.69 Å². The van der Waals surface area contributed by atoms with Crippen LogP contribution in [-0.4, -0.2) is 19.7 Å². The van der Waals surface area contributed by atoms with Gasteiger partial charge in [0.05, 0.1) is 12.5 Å². The smallest absolute Gasteiger partial charge is 0.160 e. The maximum Gasteiger partial charge on any atom is 0.160 e. The van der Waals surface area contributed by atoms with Crippen LogP contribution in [-0.2, 0) is 0 Å². The topological polar surface area (TPSA) is 55.6 Å². The standard InChI is InChI=1S/C17H13N5/c1-2-7-16-13(4-1)11-19-21-17(16)20-14-5-3-6-15(10-14)22-9-8-18-12-22/h1-12H,(H,20,21). The molecule has 0 aliphatic heterocycles. The Kier molecular flexibility index (Phi) is 3.01. The molecular weight excluding hydrogens is 274 g/mol. The number of benzene rings is 2. The van der Waals surface area contributed by atoms with Crippen LogP contribution in [0.4, 0.5) is 11.5 Å². The van der Waals surface area contributed by atoms with Gasteiger partial charge in [-0.25, -0.2) is 4.98 Å². The molecule has 2 heterocycles. The number of rotatable bonds is 3. The minimum absolute atomic E-state index is 0.751. The molecule has 106 valence electrons. The zero-order valence-electron chi connectivity index (χ0n) is 11.7. The van der Waals surface area contributed by atoms with E-state index >= 15 is 0 Å². The SMILES string of the molecule is c1cc(Nc2nncc3ccccc23)cc(-n2ccnc2)c1. The fourth-order valence-corrected chi connectivity index (χ4v) is 2.41. The zero-order chi connectivity index (χ0) is 14.8. The third-order valence-electron chi connectivity index (χ3n) is 3.48. The molecule has 0 spiro atoms. The maximum atomic E-state index is 4.21. The molecule has 4 aromatic rings. The predicted octanol–water partition coefficient (Wildman–Crippen LogP) is 3.56. The van der Waals surface area contributed by atoms with Crippen molar-refractivity contribution in [1.82, 2.24) is 19.7 Å². The van der Waals surface area contributed by atoms with E-state index in [1.165, 1.54) is 0 Å². The van der Waals surface area contributed by atoms with E-state index in [2.05, 4.69) is 20.5 Å². The van der Waals surface area contributed by atoms with Gasteiger partial charge >= 0.3 is 0 Å². The second-order valence-corrected chi connectivity index (χ2v) is 4.93. The number of aromatic nitrogens is 4. The zero-order valence-corrected chi connectivity index (χ0v) is 11.7. The summed E-state index contributed by atoms with van der Waals surface area (Å²) < 4.78 is 1.96. The van der Waals surface area contributed by atoms with Gasteiger partial charge in [-0.1, -0.05) is 30.3 Å². The Morgan fingerprint density at radius 2 is 1.95 bits per heavy atom. The summed E-state index contributed by atoms with van der Waals surface area (Å²) in [4.78, 5) is 4.07. The van der Waals surface area contributed by atoms with Gasteiger partial charge in [-0.15, -0.1) is 5.10 Å². The first-order chi connectivity index (χ1) is 10.9. The summed E-state index contributed by atoms with van der Waals surface area (Å²) in [5, 5.41) is 13.7. The first-order valence-corrected chi connectivity index (χ1v) is 6.96. The number of anilines is 2. The van der Waals surface area contributed by atoms with Gasteiger partial charge in [-0.05, 0) is 18.2 Å². The van der Waals surface area contributed by atoms with Gasteiger partial charge in [-0.2, -0.15) is 5.10 Å². The molecule has 0 fully saturated rings. The maximum absolute atomic E-state index is 4.21. The van der Waals surface area contributed by atoms with E-state index in [9.17, 15) is 0 Å². The lowest BCUT2D eigenvalue weighted by Crippen LogP contribution is -1.98. The highest BCUT2D eigenvalue weighted by molar-refractivity contribution is 5.92. The van der Waals surface area contributed by atoms with Gasteiger partial charge in [-0.3, -0.25) is 0 Å². The number of imidazole rings is 1. The van der Waals surface area contributed by atoms with Crippen molar-refractivity contribution in [3.05, 3.63) is 73.4 Å². The summed E-state index contributed by atoms with van der Waals surface area (Å²) in [6.07, 6.45) is 7.21. The fraction of sp³-hybridized carbons (Fsp3) is 0. The largest absolute Gasteiger partial charge is 0.338 e. The molecule has 1 N–H and O–H groups in total. The average molecular weight is 287 g/mol. The number of nitrogens with zero attached hydrogens (tertiary/aromatic N) is 4. The summed E-state index contributed by atoms with van der Waals surface area (Å²) >= 11 is 0. The number of fused-ring (bicyclic) bond motifs is 1. The molecule has 0 aliphatic rings. The Balaban J connectivity index is 1.73. The van der Waals surface area contributed by atoms with Crippen molar-refractivity contribution in [1.29, 1.82) is 0 Å². The molecule has 5 nitrogen and oxygen atoms in total. The van der Waals surface area contributed by atoms with E-state index in [0.717, 1.165) is 28.0 Å². The molecule has 5 heteroatoms. The van der Waals surface area contributed by atoms with Crippen LogP contribution in [0.3, 0.4) is 0 Å². The van der Waals surface area contributed by atoms with Gasteiger partial charge in [0.1, 0.15) is 0 Å². The summed E-state index contributed by atoms with van der Waals surface area (Å²) in [6.45, 7) is 0. The minimum Gasteiger partial charge on any atom is -0.338 e. The lowest BCUT2D eigenvalue weighted by Gasteiger charge is -2.09. The van der Waals surface area contributed by atoms with Crippen LogP contribution in [0.5, 0.6) is 0 Å². The van der Waals surface area contributed by atoms with E-state index in [-0.39, 0.29) is 0 Å². The molecule has 2 aromatic heterocycles. The van der Waals surface area contributed by atoms with Gasteiger partial charge < -0.3 is 9.88 Å². The number of hydrogen-bond acceptors (Lipinski definition) is 4. The Labute approximate surface area is 127 Å². The van der Waals surface area contributed by atoms with Crippen molar-refractivity contribution in [3.63, 3.8) is 0 Å². The first-order valence-electron chi connectivity index (χ1n) is 6.96. The normalized spacial score (nSPS) is 10.7. The van der Waals surface area contributed by atoms with Gasteiger partial charge in [0, 0.05) is 34.5 Å². The highest BCUT2D eigenvalue weighted by atomic mass is 15.2. The molecule has 0 saturated carbocycles. The minimum atomic E-state index is 0.751. The third kappa shape index (κ3) is 2.29. The van der Waals surface area contributed by atoms with Crippen LogP contribution in [0, 0.1) is 0 Å². The monoisotopic (exact) mass is 287 g/mol. The lowest BCUT2D eigenvalue weighted by atomic mass is 10.2. The van der Waals surface area contributed by atoms with Gasteiger partial charge in [0.25, 0.3) is 0 Å². The second kappa shape index (κ2) is 5.29. The van der Waals surface area contributed by atoms with Crippen LogP contribution in [0.2, 0.25) is 0 Å². The van der Waals surface area contributed by atoms with Crippen LogP contribution in [0.25, 0.3) is 16.5 Å².